The second-order valence-corrected chi connectivity index (χ2v) is 1.78. The molecule has 0 aliphatic heterocycles. The number of carbonyl (C=O) groups is 3. The van der Waals surface area contributed by atoms with Crippen LogP contribution in [0.15, 0.2) is 0 Å². The van der Waals surface area contributed by atoms with E-state index in [2.05, 4.69) is 0 Å². The van der Waals surface area contributed by atoms with E-state index in [-0.39, 0.29) is 17.1 Å². The first-order valence-electron chi connectivity index (χ1n) is 3.33. The van der Waals surface area contributed by atoms with Crippen molar-refractivity contribution in [2.24, 2.45) is 0 Å². The number of hydrogen-bond acceptors (Lipinski definition) is 6. The standard InChI is InChI=1S/3C2H4O2.Fe.NO3/c3*1-2(3)4;;2-1(3)4/h3*1H3,(H,3,4);;/q;;;;-1. The number of aliphatic carboxylic acids is 3. The van der Waals surface area contributed by atoms with Crippen molar-refractivity contribution in [3.8, 4) is 0 Å². The van der Waals surface area contributed by atoms with E-state index >= 15 is 0 Å². The molecule has 0 fully saturated rings. The fourth-order valence-corrected chi connectivity index (χ4v) is 0. The van der Waals surface area contributed by atoms with Gasteiger partial charge in [-0.05, 0) is 0 Å². The molecular formula is C6H12FeNO9-. The van der Waals surface area contributed by atoms with E-state index in [1.807, 2.05) is 0 Å². The SMILES string of the molecule is CC(=O)O.CC(=O)O.CC(=O)O.O=[N+]([O-])[O-].[Fe]. The van der Waals surface area contributed by atoms with Gasteiger partial charge >= 0.3 is 0 Å². The molecule has 0 bridgehead atoms. The largest absolute Gasteiger partial charge is 0.481 e. The van der Waals surface area contributed by atoms with Gasteiger partial charge in [-0.2, -0.15) is 0 Å². The fraction of sp³-hybridized carbons (Fsp3) is 0.500. The van der Waals surface area contributed by atoms with Crippen molar-refractivity contribution in [2.75, 3.05) is 0 Å². The maximum Gasteiger partial charge on any atom is 0.300 e. The van der Waals surface area contributed by atoms with Crippen molar-refractivity contribution in [2.45, 2.75) is 20.8 Å². The Morgan fingerprint density at radius 2 is 0.824 bits per heavy atom. The van der Waals surface area contributed by atoms with Crippen LogP contribution in [0.3, 0.4) is 0 Å². The average Bonchev–Trinajstić information content (AvgIpc) is 1.76. The number of nitrogens with zero attached hydrogens (tertiary/aromatic N) is 1. The molecule has 0 aliphatic rings. The Balaban J connectivity index is -0.0000000369. The van der Waals surface area contributed by atoms with Gasteiger partial charge in [-0.25, -0.2) is 0 Å². The van der Waals surface area contributed by atoms with Crippen LogP contribution >= 0.6 is 0 Å². The summed E-state index contributed by atoms with van der Waals surface area (Å²) in [5.41, 5.74) is 0. The molecule has 0 atom stereocenters. The summed E-state index contributed by atoms with van der Waals surface area (Å²) in [5.74, 6) is -2.50. The van der Waals surface area contributed by atoms with Gasteiger partial charge in [0.15, 0.2) is 0 Å². The molecular weight excluding hydrogens is 286 g/mol. The van der Waals surface area contributed by atoms with Crippen molar-refractivity contribution < 1.29 is 51.9 Å². The minimum atomic E-state index is -1.75. The summed E-state index contributed by atoms with van der Waals surface area (Å²) in [6, 6.07) is 0. The van der Waals surface area contributed by atoms with Crippen LogP contribution in [-0.2, 0) is 31.5 Å². The van der Waals surface area contributed by atoms with Crippen molar-refractivity contribution in [1.82, 2.24) is 0 Å². The van der Waals surface area contributed by atoms with Gasteiger partial charge in [-0.15, -0.1) is 0 Å². The first kappa shape index (κ1) is 29.4. The predicted octanol–water partition coefficient (Wildman–Crippen LogP) is 0.0311. The van der Waals surface area contributed by atoms with Crippen LogP contribution in [0.25, 0.3) is 0 Å². The Kier molecular flexibility index (Phi) is 41.1. The second-order valence-electron chi connectivity index (χ2n) is 1.78. The van der Waals surface area contributed by atoms with E-state index in [0.29, 0.717) is 0 Å². The molecule has 0 aromatic heterocycles. The average molecular weight is 298 g/mol. The van der Waals surface area contributed by atoms with Crippen LogP contribution in [0.1, 0.15) is 20.8 Å². The van der Waals surface area contributed by atoms with E-state index in [1.165, 1.54) is 0 Å². The van der Waals surface area contributed by atoms with Gasteiger partial charge in [-0.3, -0.25) is 14.4 Å². The van der Waals surface area contributed by atoms with Crippen LogP contribution in [0.4, 0.5) is 0 Å². The number of hydrogen-bond donors (Lipinski definition) is 3. The van der Waals surface area contributed by atoms with Gasteiger partial charge in [0.2, 0.25) is 0 Å². The number of rotatable bonds is 0. The third-order valence-corrected chi connectivity index (χ3v) is 0. The molecule has 0 saturated carbocycles. The molecule has 0 aromatic rings. The van der Waals surface area contributed by atoms with Gasteiger partial charge in [0.1, 0.15) is 0 Å². The summed E-state index contributed by atoms with van der Waals surface area (Å²) in [4.78, 5) is 35.2. The van der Waals surface area contributed by atoms with Crippen LogP contribution in [0.2, 0.25) is 0 Å². The Bertz CT molecular complexity index is 166. The maximum atomic E-state index is 9.00. The normalized spacial score (nSPS) is 5.82. The van der Waals surface area contributed by atoms with Gasteiger partial charge < -0.3 is 30.6 Å². The molecule has 3 N–H and O–H groups in total. The summed E-state index contributed by atoms with van der Waals surface area (Å²) in [5, 5.41) is 37.0. The molecule has 0 radical (unpaired) electrons. The molecule has 104 valence electrons. The van der Waals surface area contributed by atoms with Crippen molar-refractivity contribution >= 4 is 17.9 Å². The zero-order chi connectivity index (χ0) is 14.3. The fourth-order valence-electron chi connectivity index (χ4n) is 0. The third kappa shape index (κ3) is 594. The maximum absolute atomic E-state index is 9.00. The first-order valence-corrected chi connectivity index (χ1v) is 3.33. The minimum Gasteiger partial charge on any atom is -0.481 e. The van der Waals surface area contributed by atoms with Gasteiger partial charge in [-0.1, -0.05) is 0 Å². The quantitative estimate of drug-likeness (QED) is 0.316. The molecule has 0 rings (SSSR count). The van der Waals surface area contributed by atoms with Gasteiger partial charge in [0, 0.05) is 37.8 Å². The zero-order valence-electron chi connectivity index (χ0n) is 9.09. The summed E-state index contributed by atoms with van der Waals surface area (Å²) in [6.07, 6.45) is 0. The molecule has 0 unspecified atom stereocenters. The summed E-state index contributed by atoms with van der Waals surface area (Å²) < 4.78 is 0. The van der Waals surface area contributed by atoms with Crippen molar-refractivity contribution in [1.29, 1.82) is 0 Å². The molecule has 0 aromatic carbocycles. The smallest absolute Gasteiger partial charge is 0.300 e. The number of carboxylic acid groups (broad SMARTS) is 3. The Morgan fingerprint density at radius 1 is 0.824 bits per heavy atom. The Labute approximate surface area is 106 Å². The van der Waals surface area contributed by atoms with E-state index < -0.39 is 23.0 Å². The molecule has 11 heteroatoms. The minimum absolute atomic E-state index is 0. The van der Waals surface area contributed by atoms with Gasteiger partial charge in [0.05, 0.1) is 5.09 Å². The van der Waals surface area contributed by atoms with E-state index in [0.717, 1.165) is 20.8 Å². The monoisotopic (exact) mass is 298 g/mol. The molecule has 0 amide bonds. The number of carboxylic acids is 3. The summed E-state index contributed by atoms with van der Waals surface area (Å²) >= 11 is 0. The van der Waals surface area contributed by atoms with Crippen LogP contribution < -0.4 is 0 Å². The third-order valence-electron chi connectivity index (χ3n) is 0. The molecule has 0 aliphatic carbocycles. The van der Waals surface area contributed by atoms with Crippen molar-refractivity contribution in [3.05, 3.63) is 15.3 Å². The van der Waals surface area contributed by atoms with E-state index in [4.69, 9.17) is 45.0 Å². The summed E-state index contributed by atoms with van der Waals surface area (Å²) in [7, 11) is 0. The molecule has 17 heavy (non-hydrogen) atoms. The predicted molar refractivity (Wildman–Crippen MR) is 50.3 cm³/mol. The van der Waals surface area contributed by atoms with Gasteiger partial charge in [0.25, 0.3) is 17.9 Å². The Morgan fingerprint density at radius 3 is 0.824 bits per heavy atom. The zero-order valence-corrected chi connectivity index (χ0v) is 10.2. The molecule has 0 saturated heterocycles. The topological polar surface area (TPSA) is 178 Å². The first-order chi connectivity index (χ1) is 6.93. The Hall–Kier alpha value is -1.87. The van der Waals surface area contributed by atoms with E-state index in [1.54, 1.807) is 0 Å². The second kappa shape index (κ2) is 23.7. The van der Waals surface area contributed by atoms with Crippen LogP contribution in [-0.4, -0.2) is 38.3 Å². The molecule has 0 spiro atoms. The van der Waals surface area contributed by atoms with Crippen LogP contribution in [0, 0.1) is 15.3 Å². The van der Waals surface area contributed by atoms with E-state index in [9.17, 15) is 0 Å². The van der Waals surface area contributed by atoms with Crippen molar-refractivity contribution in [3.63, 3.8) is 0 Å². The van der Waals surface area contributed by atoms with Crippen LogP contribution in [0.5, 0.6) is 0 Å². The summed E-state index contributed by atoms with van der Waals surface area (Å²) in [6.45, 7) is 3.25. The molecule has 10 nitrogen and oxygen atoms in total. The molecule has 0 heterocycles.